The van der Waals surface area contributed by atoms with Crippen LogP contribution in [0, 0.1) is 0 Å². The Morgan fingerprint density at radius 1 is 1.48 bits per heavy atom. The predicted molar refractivity (Wildman–Crippen MR) is 88.7 cm³/mol. The van der Waals surface area contributed by atoms with Crippen LogP contribution in [0.15, 0.2) is 29.6 Å². The van der Waals surface area contributed by atoms with Crippen molar-refractivity contribution in [2.75, 3.05) is 6.26 Å². The number of hydrogen-bond donors (Lipinski definition) is 1. The van der Waals surface area contributed by atoms with E-state index in [0.29, 0.717) is 6.54 Å². The van der Waals surface area contributed by atoms with Crippen molar-refractivity contribution < 1.29 is 4.79 Å². The third-order valence-electron chi connectivity index (χ3n) is 3.76. The number of nitrogens with one attached hydrogen (secondary N) is 1. The summed E-state index contributed by atoms with van der Waals surface area (Å²) >= 11 is 3.43. The Morgan fingerprint density at radius 2 is 2.33 bits per heavy atom. The monoisotopic (exact) mass is 318 g/mol. The highest BCUT2D eigenvalue weighted by molar-refractivity contribution is 7.97. The number of nitrogens with zero attached hydrogens (tertiary/aromatic N) is 1. The molecule has 21 heavy (non-hydrogen) atoms. The second-order valence-electron chi connectivity index (χ2n) is 5.17. The summed E-state index contributed by atoms with van der Waals surface area (Å²) in [7, 11) is 0. The van der Waals surface area contributed by atoms with Gasteiger partial charge >= 0.3 is 0 Å². The maximum absolute atomic E-state index is 12.4. The number of aryl methyl sites for hydroxylation is 1. The van der Waals surface area contributed by atoms with E-state index in [-0.39, 0.29) is 11.8 Å². The molecule has 0 bridgehead atoms. The van der Waals surface area contributed by atoms with Gasteiger partial charge in [-0.25, -0.2) is 4.98 Å². The van der Waals surface area contributed by atoms with Crippen LogP contribution >= 0.6 is 23.1 Å². The minimum absolute atomic E-state index is 0.00510. The predicted octanol–water partition coefficient (Wildman–Crippen LogP) is 3.35. The number of fused-ring (bicyclic) bond motifs is 1. The molecule has 3 rings (SSSR count). The molecule has 110 valence electrons. The van der Waals surface area contributed by atoms with E-state index in [1.165, 1.54) is 11.1 Å². The molecule has 0 saturated carbocycles. The minimum atomic E-state index is 0.00510. The van der Waals surface area contributed by atoms with E-state index in [1.807, 2.05) is 17.5 Å². The molecule has 1 amide bonds. The van der Waals surface area contributed by atoms with Crippen molar-refractivity contribution in [1.29, 1.82) is 0 Å². The number of amides is 1. The third-order valence-corrected chi connectivity index (χ3v) is 5.40. The fourth-order valence-corrected chi connectivity index (χ4v) is 4.27. The van der Waals surface area contributed by atoms with Crippen LogP contribution in [0.4, 0.5) is 0 Å². The van der Waals surface area contributed by atoms with Gasteiger partial charge < -0.3 is 5.32 Å². The number of benzene rings is 1. The quantitative estimate of drug-likeness (QED) is 0.919. The summed E-state index contributed by atoms with van der Waals surface area (Å²) in [4.78, 5) is 16.9. The lowest BCUT2D eigenvalue weighted by Gasteiger charge is -2.11. The fraction of sp³-hybridized carbons (Fsp3) is 0.375. The molecular formula is C16H18N2OS2. The number of rotatable bonds is 5. The molecule has 2 aromatic rings. The Morgan fingerprint density at radius 3 is 3.19 bits per heavy atom. The van der Waals surface area contributed by atoms with Crippen molar-refractivity contribution in [3.63, 3.8) is 0 Å². The van der Waals surface area contributed by atoms with Gasteiger partial charge in [0.05, 0.1) is 18.2 Å². The lowest BCUT2D eigenvalue weighted by Crippen LogP contribution is -2.28. The SMILES string of the molecule is CSCc1nc(CNC(=O)C2CCc3ccccc32)cs1. The molecule has 1 aliphatic rings. The Hall–Kier alpha value is -1.33. The zero-order valence-corrected chi connectivity index (χ0v) is 13.6. The van der Waals surface area contributed by atoms with Crippen molar-refractivity contribution >= 4 is 29.0 Å². The Kier molecular flexibility index (Phi) is 4.60. The highest BCUT2D eigenvalue weighted by Crippen LogP contribution is 2.32. The van der Waals surface area contributed by atoms with Gasteiger partial charge in [0.1, 0.15) is 5.01 Å². The number of hydrogen-bond acceptors (Lipinski definition) is 4. The van der Waals surface area contributed by atoms with Gasteiger partial charge in [0, 0.05) is 11.1 Å². The van der Waals surface area contributed by atoms with Crippen LogP contribution in [0.25, 0.3) is 0 Å². The van der Waals surface area contributed by atoms with E-state index in [4.69, 9.17) is 0 Å². The zero-order chi connectivity index (χ0) is 14.7. The molecule has 0 fully saturated rings. The number of carbonyl (C=O) groups is 1. The molecule has 0 saturated heterocycles. The van der Waals surface area contributed by atoms with E-state index in [1.54, 1.807) is 23.1 Å². The van der Waals surface area contributed by atoms with Crippen LogP contribution in [-0.2, 0) is 23.5 Å². The van der Waals surface area contributed by atoms with E-state index in [9.17, 15) is 4.79 Å². The summed E-state index contributed by atoms with van der Waals surface area (Å²) < 4.78 is 0. The van der Waals surface area contributed by atoms with E-state index in [2.05, 4.69) is 28.7 Å². The second-order valence-corrected chi connectivity index (χ2v) is 6.98. The molecule has 3 nitrogen and oxygen atoms in total. The molecule has 1 heterocycles. The summed E-state index contributed by atoms with van der Waals surface area (Å²) in [6, 6.07) is 8.25. The maximum Gasteiger partial charge on any atom is 0.227 e. The third kappa shape index (κ3) is 3.30. The van der Waals surface area contributed by atoms with Gasteiger partial charge in [0.15, 0.2) is 0 Å². The van der Waals surface area contributed by atoms with Crippen molar-refractivity contribution in [2.45, 2.75) is 31.1 Å². The van der Waals surface area contributed by atoms with E-state index >= 15 is 0 Å². The summed E-state index contributed by atoms with van der Waals surface area (Å²) in [6.07, 6.45) is 3.99. The average Bonchev–Trinajstić information content (AvgIpc) is 3.12. The molecule has 0 spiro atoms. The normalized spacial score (nSPS) is 16.7. The Bertz CT molecular complexity index is 639. The lowest BCUT2D eigenvalue weighted by atomic mass is 10.0. The lowest BCUT2D eigenvalue weighted by molar-refractivity contribution is -0.122. The number of thioether (sulfide) groups is 1. The van der Waals surface area contributed by atoms with Crippen molar-refractivity contribution in [2.24, 2.45) is 0 Å². The molecule has 1 atom stereocenters. The van der Waals surface area contributed by atoms with Crippen LogP contribution in [0.1, 0.15) is 34.2 Å². The first-order valence-electron chi connectivity index (χ1n) is 7.05. The summed E-state index contributed by atoms with van der Waals surface area (Å²) in [5.74, 6) is 1.07. The van der Waals surface area contributed by atoms with Gasteiger partial charge in [-0.05, 0) is 30.2 Å². The molecule has 5 heteroatoms. The van der Waals surface area contributed by atoms with Gasteiger partial charge in [-0.1, -0.05) is 24.3 Å². The highest BCUT2D eigenvalue weighted by Gasteiger charge is 2.27. The Labute approximate surface area is 133 Å². The number of carbonyl (C=O) groups excluding carboxylic acids is 1. The molecule has 1 unspecified atom stereocenters. The van der Waals surface area contributed by atoms with E-state index < -0.39 is 0 Å². The van der Waals surface area contributed by atoms with Crippen LogP contribution in [0.5, 0.6) is 0 Å². The van der Waals surface area contributed by atoms with Gasteiger partial charge in [-0.2, -0.15) is 11.8 Å². The van der Waals surface area contributed by atoms with Gasteiger partial charge in [0.2, 0.25) is 5.91 Å². The van der Waals surface area contributed by atoms with Crippen molar-refractivity contribution in [3.8, 4) is 0 Å². The summed E-state index contributed by atoms with van der Waals surface area (Å²) in [6.45, 7) is 0.530. The first kappa shape index (κ1) is 14.6. The van der Waals surface area contributed by atoms with Crippen LogP contribution in [-0.4, -0.2) is 17.1 Å². The zero-order valence-electron chi connectivity index (χ0n) is 12.0. The minimum Gasteiger partial charge on any atom is -0.350 e. The van der Waals surface area contributed by atoms with Crippen LogP contribution in [0.2, 0.25) is 0 Å². The maximum atomic E-state index is 12.4. The molecule has 0 aliphatic heterocycles. The van der Waals surface area contributed by atoms with Gasteiger partial charge in [0.25, 0.3) is 0 Å². The van der Waals surface area contributed by atoms with E-state index in [0.717, 1.165) is 29.3 Å². The molecule has 1 N–H and O–H groups in total. The van der Waals surface area contributed by atoms with Crippen LogP contribution < -0.4 is 5.32 Å². The van der Waals surface area contributed by atoms with Gasteiger partial charge in [-0.15, -0.1) is 11.3 Å². The molecule has 0 radical (unpaired) electrons. The standard InChI is InChI=1S/C16H18N2OS2/c1-20-10-15-18-12(9-21-15)8-17-16(19)14-7-6-11-4-2-3-5-13(11)14/h2-5,9,14H,6-8,10H2,1H3,(H,17,19). The first-order valence-corrected chi connectivity index (χ1v) is 9.33. The second kappa shape index (κ2) is 6.62. The van der Waals surface area contributed by atoms with Gasteiger partial charge in [-0.3, -0.25) is 4.79 Å². The highest BCUT2D eigenvalue weighted by atomic mass is 32.2. The van der Waals surface area contributed by atoms with Crippen molar-refractivity contribution in [3.05, 3.63) is 51.5 Å². The summed E-state index contributed by atoms with van der Waals surface area (Å²) in [5, 5.41) is 6.19. The largest absolute Gasteiger partial charge is 0.350 e. The summed E-state index contributed by atoms with van der Waals surface area (Å²) in [5.41, 5.74) is 3.47. The topological polar surface area (TPSA) is 42.0 Å². The molecular weight excluding hydrogens is 300 g/mol. The molecule has 1 aliphatic carbocycles. The smallest absolute Gasteiger partial charge is 0.227 e. The fourth-order valence-electron chi connectivity index (χ4n) is 2.75. The first-order chi connectivity index (χ1) is 10.3. The molecule has 1 aromatic heterocycles. The van der Waals surface area contributed by atoms with Crippen LogP contribution in [0.3, 0.4) is 0 Å². The molecule has 1 aromatic carbocycles. The van der Waals surface area contributed by atoms with Crippen molar-refractivity contribution in [1.82, 2.24) is 10.3 Å². The number of thiazole rings is 1. The average molecular weight is 318 g/mol. The number of aromatic nitrogens is 1. The Balaban J connectivity index is 1.60.